The van der Waals surface area contributed by atoms with Crippen molar-refractivity contribution in [1.29, 1.82) is 0 Å². The zero-order valence-electron chi connectivity index (χ0n) is 18.7. The van der Waals surface area contributed by atoms with Crippen LogP contribution < -0.4 is 14.5 Å². The van der Waals surface area contributed by atoms with Crippen molar-refractivity contribution in [3.63, 3.8) is 0 Å². The minimum Gasteiger partial charge on any atom is -0.489 e. The van der Waals surface area contributed by atoms with Crippen LogP contribution in [0.5, 0.6) is 11.5 Å². The van der Waals surface area contributed by atoms with E-state index in [0.717, 1.165) is 28.8 Å². The number of hydrogen-bond donors (Lipinski definition) is 1. The lowest BCUT2D eigenvalue weighted by molar-refractivity contribution is -0.394. The molecule has 4 rings (SSSR count). The number of rotatable bonds is 10. The van der Waals surface area contributed by atoms with Crippen molar-refractivity contribution >= 4 is 46.3 Å². The molecule has 2 aromatic carbocycles. The Morgan fingerprint density at radius 2 is 1.86 bits per heavy atom. The second-order valence-electron chi connectivity index (χ2n) is 7.63. The van der Waals surface area contributed by atoms with Crippen LogP contribution in [-0.4, -0.2) is 39.4 Å². The molecule has 1 amide bonds. The number of carboxylic acids is 1. The van der Waals surface area contributed by atoms with Crippen LogP contribution in [0.15, 0.2) is 77.8 Å². The fraction of sp³-hybridized carbons (Fsp3) is 0.154. The van der Waals surface area contributed by atoms with E-state index >= 15 is 0 Å². The predicted octanol–water partition coefficient (Wildman–Crippen LogP) is 3.99. The van der Waals surface area contributed by atoms with Gasteiger partial charge in [0.15, 0.2) is 24.3 Å². The van der Waals surface area contributed by atoms with E-state index in [1.165, 1.54) is 5.56 Å². The molecular weight excluding hydrogens is 484 g/mol. The van der Waals surface area contributed by atoms with Crippen molar-refractivity contribution in [2.45, 2.75) is 13.0 Å². The number of nitrogens with one attached hydrogen (secondary N) is 1. The van der Waals surface area contributed by atoms with Crippen LogP contribution in [0.25, 0.3) is 6.08 Å². The van der Waals surface area contributed by atoms with E-state index in [0.29, 0.717) is 35.2 Å². The average Bonchev–Trinajstić information content (AvgIpc) is 3.12. The topological polar surface area (TPSA) is 90.2 Å². The molecule has 1 aliphatic rings. The molecule has 35 heavy (non-hydrogen) atoms. The number of hydrogen-bond acceptors (Lipinski definition) is 6. The Balaban J connectivity index is 1.53. The number of carbonyl (C=O) groups is 2. The van der Waals surface area contributed by atoms with E-state index in [2.05, 4.69) is 17.1 Å². The highest BCUT2D eigenvalue weighted by atomic mass is 32.2. The van der Waals surface area contributed by atoms with Gasteiger partial charge in [-0.05, 0) is 35.4 Å². The highest BCUT2D eigenvalue weighted by Gasteiger charge is 2.33. The zero-order valence-corrected chi connectivity index (χ0v) is 20.3. The maximum atomic E-state index is 12.6. The van der Waals surface area contributed by atoms with Crippen molar-refractivity contribution in [3.8, 4) is 11.5 Å². The molecule has 0 saturated carbocycles. The van der Waals surface area contributed by atoms with Crippen molar-refractivity contribution in [2.75, 3.05) is 13.2 Å². The standard InChI is InChI=1S/C26H22N2O5S2/c29-24(30)16-28-25(31)23(35-26(28)34)15-19-9-10-21(32-13-11-18-6-2-1-3-7-18)22(14-19)33-17-20-8-4-5-12-27-20/h1-10,12,14-15H,11,13,16-17H2,(H,29,30)/p+1/b23-15-. The van der Waals surface area contributed by atoms with Gasteiger partial charge in [0.25, 0.3) is 5.91 Å². The van der Waals surface area contributed by atoms with Gasteiger partial charge >= 0.3 is 5.97 Å². The summed E-state index contributed by atoms with van der Waals surface area (Å²) in [6, 6.07) is 21.2. The molecule has 2 N–H and O–H groups in total. The number of carboxylic acid groups (broad SMARTS) is 1. The number of nitrogens with zero attached hydrogens (tertiary/aromatic N) is 1. The maximum absolute atomic E-state index is 12.6. The summed E-state index contributed by atoms with van der Waals surface area (Å²) >= 11 is 6.25. The van der Waals surface area contributed by atoms with E-state index in [9.17, 15) is 9.59 Å². The third-order valence-electron chi connectivity index (χ3n) is 5.08. The monoisotopic (exact) mass is 507 g/mol. The minimum atomic E-state index is -1.12. The fourth-order valence-electron chi connectivity index (χ4n) is 3.37. The predicted molar refractivity (Wildman–Crippen MR) is 137 cm³/mol. The molecule has 1 aromatic heterocycles. The Kier molecular flexibility index (Phi) is 8.12. The lowest BCUT2D eigenvalue weighted by Gasteiger charge is -2.13. The van der Waals surface area contributed by atoms with Gasteiger partial charge in [0.05, 0.1) is 11.5 Å². The summed E-state index contributed by atoms with van der Waals surface area (Å²) in [4.78, 5) is 28.2. The largest absolute Gasteiger partial charge is 0.489 e. The molecule has 178 valence electrons. The van der Waals surface area contributed by atoms with Gasteiger partial charge in [0.2, 0.25) is 5.69 Å². The van der Waals surface area contributed by atoms with Crippen molar-refractivity contribution in [1.82, 2.24) is 4.90 Å². The molecule has 2 heterocycles. The quantitative estimate of drug-likeness (QED) is 0.328. The van der Waals surface area contributed by atoms with E-state index in [1.54, 1.807) is 18.2 Å². The zero-order chi connectivity index (χ0) is 24.6. The Hall–Kier alpha value is -3.69. The Labute approximate surface area is 212 Å². The third-order valence-corrected chi connectivity index (χ3v) is 6.46. The second kappa shape index (κ2) is 11.6. The molecule has 0 radical (unpaired) electrons. The number of benzene rings is 2. The number of amides is 1. The molecule has 0 spiro atoms. The lowest BCUT2D eigenvalue weighted by atomic mass is 10.1. The van der Waals surface area contributed by atoms with E-state index < -0.39 is 18.4 Å². The number of aromatic nitrogens is 1. The number of aromatic amines is 1. The molecule has 7 nitrogen and oxygen atoms in total. The fourth-order valence-corrected chi connectivity index (χ4v) is 4.62. The van der Waals surface area contributed by atoms with Gasteiger partial charge in [0, 0.05) is 18.6 Å². The van der Waals surface area contributed by atoms with Gasteiger partial charge in [0.1, 0.15) is 10.9 Å². The number of carbonyl (C=O) groups excluding carboxylic acids is 1. The van der Waals surface area contributed by atoms with E-state index in [1.807, 2.05) is 48.7 Å². The molecule has 0 atom stereocenters. The number of ether oxygens (including phenoxy) is 2. The number of thioether (sulfide) groups is 1. The number of thiocarbonyl (C=S) groups is 1. The Bertz CT molecular complexity index is 1250. The molecule has 1 aliphatic heterocycles. The van der Waals surface area contributed by atoms with Crippen LogP contribution in [0.2, 0.25) is 0 Å². The van der Waals surface area contributed by atoms with Crippen LogP contribution >= 0.6 is 24.0 Å². The molecule has 0 aliphatic carbocycles. The summed E-state index contributed by atoms with van der Waals surface area (Å²) in [5, 5.41) is 9.03. The van der Waals surface area contributed by atoms with E-state index in [4.69, 9.17) is 26.8 Å². The van der Waals surface area contributed by atoms with E-state index in [-0.39, 0.29) is 4.32 Å². The molecule has 1 saturated heterocycles. The molecule has 1 fully saturated rings. The van der Waals surface area contributed by atoms with Gasteiger partial charge in [-0.2, -0.15) is 0 Å². The molecule has 3 aromatic rings. The summed E-state index contributed by atoms with van der Waals surface area (Å²) < 4.78 is 12.3. The first kappa shape index (κ1) is 24.4. The van der Waals surface area contributed by atoms with Crippen LogP contribution in [-0.2, 0) is 22.6 Å². The summed E-state index contributed by atoms with van der Waals surface area (Å²) in [6.45, 7) is 0.323. The Morgan fingerprint density at radius 1 is 1.06 bits per heavy atom. The summed E-state index contributed by atoms with van der Waals surface area (Å²) in [6.07, 6.45) is 4.25. The molecule has 0 bridgehead atoms. The lowest BCUT2D eigenvalue weighted by Crippen LogP contribution is -2.33. The minimum absolute atomic E-state index is 0.223. The van der Waals surface area contributed by atoms with Gasteiger partial charge in [-0.3, -0.25) is 14.5 Å². The SMILES string of the molecule is O=C(O)CN1C(=O)/C(=C/c2ccc(OCCc3ccccc3)c(OCc3cccc[nH+]3)c2)SC1=S. The summed E-state index contributed by atoms with van der Waals surface area (Å²) in [5.41, 5.74) is 2.78. The van der Waals surface area contributed by atoms with Crippen molar-refractivity contribution in [2.24, 2.45) is 0 Å². The van der Waals surface area contributed by atoms with Crippen LogP contribution in [0.1, 0.15) is 16.8 Å². The average molecular weight is 508 g/mol. The maximum Gasteiger partial charge on any atom is 0.323 e. The first-order valence-electron chi connectivity index (χ1n) is 10.9. The molecule has 9 heteroatoms. The highest BCUT2D eigenvalue weighted by Crippen LogP contribution is 2.35. The van der Waals surface area contributed by atoms with Gasteiger partial charge < -0.3 is 14.6 Å². The van der Waals surface area contributed by atoms with Crippen LogP contribution in [0, 0.1) is 0 Å². The smallest absolute Gasteiger partial charge is 0.323 e. The molecular formula is C26H23N2O5S2+. The normalized spacial score (nSPS) is 14.4. The third kappa shape index (κ3) is 6.68. The first-order valence-corrected chi connectivity index (χ1v) is 12.1. The van der Waals surface area contributed by atoms with Crippen LogP contribution in [0.4, 0.5) is 0 Å². The van der Waals surface area contributed by atoms with Crippen LogP contribution in [0.3, 0.4) is 0 Å². The molecule has 0 unspecified atom stereocenters. The number of pyridine rings is 1. The number of H-pyrrole nitrogens is 1. The Morgan fingerprint density at radius 3 is 2.60 bits per heavy atom. The summed E-state index contributed by atoms with van der Waals surface area (Å²) in [5.74, 6) is -0.419. The summed E-state index contributed by atoms with van der Waals surface area (Å²) in [7, 11) is 0. The second-order valence-corrected chi connectivity index (χ2v) is 9.30. The van der Waals surface area contributed by atoms with Crippen molar-refractivity contribution < 1.29 is 29.2 Å². The number of aliphatic carboxylic acids is 1. The van der Waals surface area contributed by atoms with Gasteiger partial charge in [-0.1, -0.05) is 60.4 Å². The first-order chi connectivity index (χ1) is 17.0. The highest BCUT2D eigenvalue weighted by molar-refractivity contribution is 8.26. The van der Waals surface area contributed by atoms with Gasteiger partial charge in [-0.15, -0.1) is 0 Å². The van der Waals surface area contributed by atoms with Gasteiger partial charge in [-0.25, -0.2) is 4.98 Å². The van der Waals surface area contributed by atoms with Crippen molar-refractivity contribution in [3.05, 3.63) is 94.7 Å².